The van der Waals surface area contributed by atoms with Crippen molar-refractivity contribution in [2.24, 2.45) is 9.98 Å². The van der Waals surface area contributed by atoms with Crippen molar-refractivity contribution in [2.45, 2.75) is 11.1 Å². The number of benzene rings is 4. The standard InChI is InChI=1S/C29H20N2O/c32-27(28(17-7-19-30-28)25-15-5-11-21-9-1-3-13-23(21)25)29(18-8-20-31-29)26-16-6-12-22-10-2-4-14-24(22)26/h1-20H. The Hall–Kier alpha value is -4.11. The first-order chi connectivity index (χ1) is 15.7. The van der Waals surface area contributed by atoms with E-state index in [1.165, 1.54) is 0 Å². The summed E-state index contributed by atoms with van der Waals surface area (Å²) in [6.45, 7) is 0. The second kappa shape index (κ2) is 6.96. The molecule has 0 radical (unpaired) electrons. The number of rotatable bonds is 4. The lowest BCUT2D eigenvalue weighted by Crippen LogP contribution is -2.44. The Morgan fingerprint density at radius 1 is 0.562 bits per heavy atom. The minimum atomic E-state index is -1.15. The van der Waals surface area contributed by atoms with E-state index in [4.69, 9.17) is 9.98 Å². The van der Waals surface area contributed by atoms with Crippen LogP contribution in [0.15, 0.2) is 119 Å². The molecule has 152 valence electrons. The van der Waals surface area contributed by atoms with E-state index in [1.54, 1.807) is 12.4 Å². The number of fused-ring (bicyclic) bond motifs is 2. The van der Waals surface area contributed by atoms with Crippen molar-refractivity contribution in [1.29, 1.82) is 0 Å². The van der Waals surface area contributed by atoms with Gasteiger partial charge in [0.05, 0.1) is 0 Å². The third kappa shape index (κ3) is 2.51. The normalized spacial score (nSPS) is 23.5. The van der Waals surface area contributed by atoms with Gasteiger partial charge in [0.15, 0.2) is 11.1 Å². The zero-order valence-electron chi connectivity index (χ0n) is 17.3. The first kappa shape index (κ1) is 18.6. The molecule has 0 spiro atoms. The summed E-state index contributed by atoms with van der Waals surface area (Å²) in [6.07, 6.45) is 11.0. The summed E-state index contributed by atoms with van der Waals surface area (Å²) in [7, 11) is 0. The van der Waals surface area contributed by atoms with Crippen molar-refractivity contribution < 1.29 is 4.79 Å². The van der Waals surface area contributed by atoms with E-state index in [0.29, 0.717) is 0 Å². The van der Waals surface area contributed by atoms with Gasteiger partial charge in [0.2, 0.25) is 5.78 Å². The second-order valence-electron chi connectivity index (χ2n) is 8.19. The lowest BCUT2D eigenvalue weighted by Gasteiger charge is -2.34. The first-order valence-corrected chi connectivity index (χ1v) is 10.7. The van der Waals surface area contributed by atoms with Crippen LogP contribution in [0, 0.1) is 0 Å². The molecule has 0 aliphatic carbocycles. The molecule has 0 amide bonds. The van der Waals surface area contributed by atoms with Gasteiger partial charge in [-0.15, -0.1) is 0 Å². The molecule has 0 aromatic heterocycles. The molecule has 6 rings (SSSR count). The van der Waals surface area contributed by atoms with Crippen LogP contribution in [0.4, 0.5) is 0 Å². The SMILES string of the molecule is O=C(C1(c2cccc3ccccc23)C=CC=N1)C1(c2cccc3ccccc23)C=CC=N1. The van der Waals surface area contributed by atoms with Crippen LogP contribution in [-0.4, -0.2) is 18.2 Å². The molecular weight excluding hydrogens is 392 g/mol. The fourth-order valence-corrected chi connectivity index (χ4v) is 5.01. The van der Waals surface area contributed by atoms with E-state index >= 15 is 0 Å². The van der Waals surface area contributed by atoms with Crippen LogP contribution in [0.3, 0.4) is 0 Å². The van der Waals surface area contributed by atoms with Crippen molar-refractivity contribution in [1.82, 2.24) is 0 Å². The fraction of sp³-hybridized carbons (Fsp3) is 0.0690. The van der Waals surface area contributed by atoms with E-state index in [9.17, 15) is 4.79 Å². The zero-order valence-corrected chi connectivity index (χ0v) is 17.3. The van der Waals surface area contributed by atoms with Crippen LogP contribution in [0.1, 0.15) is 11.1 Å². The van der Waals surface area contributed by atoms with E-state index in [0.717, 1.165) is 32.7 Å². The van der Waals surface area contributed by atoms with Crippen LogP contribution >= 0.6 is 0 Å². The molecule has 2 aliphatic rings. The number of allylic oxidation sites excluding steroid dienone is 2. The average molecular weight is 412 g/mol. The number of nitrogens with zero attached hydrogens (tertiary/aromatic N) is 2. The molecule has 2 unspecified atom stereocenters. The minimum Gasteiger partial charge on any atom is -0.293 e. The molecule has 0 fully saturated rings. The number of ketones is 1. The number of carbonyl (C=O) groups excluding carboxylic acids is 1. The Balaban J connectivity index is 1.63. The van der Waals surface area contributed by atoms with Gasteiger partial charge in [-0.05, 0) is 57.0 Å². The van der Waals surface area contributed by atoms with Crippen molar-refractivity contribution in [2.75, 3.05) is 0 Å². The van der Waals surface area contributed by atoms with Crippen molar-refractivity contribution in [3.8, 4) is 0 Å². The number of carbonyl (C=O) groups is 1. The van der Waals surface area contributed by atoms with Gasteiger partial charge in [-0.3, -0.25) is 14.8 Å². The van der Waals surface area contributed by atoms with Crippen LogP contribution < -0.4 is 0 Å². The smallest absolute Gasteiger partial charge is 0.204 e. The van der Waals surface area contributed by atoms with Gasteiger partial charge < -0.3 is 0 Å². The molecule has 3 heteroatoms. The van der Waals surface area contributed by atoms with Crippen molar-refractivity contribution in [3.63, 3.8) is 0 Å². The largest absolute Gasteiger partial charge is 0.293 e. The number of Topliss-reactive ketones (excluding diaryl/α,β-unsaturated/α-hetero) is 1. The van der Waals surface area contributed by atoms with Crippen LogP contribution in [0.25, 0.3) is 21.5 Å². The highest BCUT2D eigenvalue weighted by molar-refractivity contribution is 6.11. The van der Waals surface area contributed by atoms with Gasteiger partial charge in [0.25, 0.3) is 0 Å². The van der Waals surface area contributed by atoms with Crippen LogP contribution in [-0.2, 0) is 15.9 Å². The monoisotopic (exact) mass is 412 g/mol. The Kier molecular flexibility index (Phi) is 4.05. The number of hydrogen-bond donors (Lipinski definition) is 0. The molecule has 32 heavy (non-hydrogen) atoms. The highest BCUT2D eigenvalue weighted by Gasteiger charge is 2.52. The summed E-state index contributed by atoms with van der Waals surface area (Å²) >= 11 is 0. The molecule has 0 N–H and O–H groups in total. The summed E-state index contributed by atoms with van der Waals surface area (Å²) in [6, 6.07) is 28.4. The Bertz CT molecular complexity index is 1360. The quantitative estimate of drug-likeness (QED) is 0.409. The molecule has 2 heterocycles. The van der Waals surface area contributed by atoms with Crippen LogP contribution in [0.5, 0.6) is 0 Å². The third-order valence-corrected chi connectivity index (χ3v) is 6.50. The maximum absolute atomic E-state index is 14.6. The predicted molar refractivity (Wildman–Crippen MR) is 132 cm³/mol. The lowest BCUT2D eigenvalue weighted by atomic mass is 9.72. The molecular formula is C29H20N2O. The molecule has 3 nitrogen and oxygen atoms in total. The molecule has 2 aliphatic heterocycles. The molecule has 0 bridgehead atoms. The zero-order chi connectivity index (χ0) is 21.6. The summed E-state index contributed by atoms with van der Waals surface area (Å²) in [5.74, 6) is -0.0762. The Labute approximate surface area is 186 Å². The lowest BCUT2D eigenvalue weighted by molar-refractivity contribution is -0.126. The number of aliphatic imine (C=N–C) groups is 2. The minimum absolute atomic E-state index is 0.0762. The third-order valence-electron chi connectivity index (χ3n) is 6.50. The van der Waals surface area contributed by atoms with Gasteiger partial charge in [0.1, 0.15) is 0 Å². The van der Waals surface area contributed by atoms with E-state index in [-0.39, 0.29) is 5.78 Å². The van der Waals surface area contributed by atoms with Crippen LogP contribution in [0.2, 0.25) is 0 Å². The Morgan fingerprint density at radius 3 is 1.44 bits per heavy atom. The van der Waals surface area contributed by atoms with Crippen molar-refractivity contribution >= 4 is 39.8 Å². The summed E-state index contributed by atoms with van der Waals surface area (Å²) in [5.41, 5.74) is -0.547. The van der Waals surface area contributed by atoms with E-state index in [2.05, 4.69) is 36.4 Å². The van der Waals surface area contributed by atoms with Gasteiger partial charge in [-0.2, -0.15) is 0 Å². The molecule has 2 atom stereocenters. The predicted octanol–water partition coefficient (Wildman–Crippen LogP) is 5.93. The Morgan fingerprint density at radius 2 is 1.00 bits per heavy atom. The summed E-state index contributed by atoms with van der Waals surface area (Å²) in [5, 5.41) is 4.20. The second-order valence-corrected chi connectivity index (χ2v) is 8.19. The van der Waals surface area contributed by atoms with Crippen molar-refractivity contribution in [3.05, 3.63) is 120 Å². The summed E-state index contributed by atoms with van der Waals surface area (Å²) < 4.78 is 0. The average Bonchev–Trinajstić information content (AvgIpc) is 3.54. The number of hydrogen-bond acceptors (Lipinski definition) is 3. The van der Waals surface area contributed by atoms with Gasteiger partial charge in [-0.1, -0.05) is 84.9 Å². The molecule has 4 aromatic rings. The van der Waals surface area contributed by atoms with Gasteiger partial charge >= 0.3 is 0 Å². The van der Waals surface area contributed by atoms with E-state index in [1.807, 2.05) is 72.8 Å². The molecule has 0 saturated heterocycles. The van der Waals surface area contributed by atoms with Gasteiger partial charge in [-0.25, -0.2) is 0 Å². The van der Waals surface area contributed by atoms with Gasteiger partial charge in [0, 0.05) is 12.4 Å². The maximum Gasteiger partial charge on any atom is 0.204 e. The highest BCUT2D eigenvalue weighted by atomic mass is 16.1. The highest BCUT2D eigenvalue weighted by Crippen LogP contribution is 2.46. The fourth-order valence-electron chi connectivity index (χ4n) is 5.01. The van der Waals surface area contributed by atoms with E-state index < -0.39 is 11.1 Å². The topological polar surface area (TPSA) is 41.8 Å². The molecule has 0 saturated carbocycles. The molecule has 4 aromatic carbocycles. The summed E-state index contributed by atoms with van der Waals surface area (Å²) in [4.78, 5) is 24.2. The first-order valence-electron chi connectivity index (χ1n) is 10.7. The maximum atomic E-state index is 14.6.